The van der Waals surface area contributed by atoms with Crippen LogP contribution in [0.5, 0.6) is 0 Å². The maximum Gasteiger partial charge on any atom is 0.270 e. The molecule has 1 aromatic heterocycles. The van der Waals surface area contributed by atoms with Gasteiger partial charge < -0.3 is 19.9 Å². The van der Waals surface area contributed by atoms with Crippen LogP contribution in [0.4, 0.5) is 0 Å². The third-order valence-corrected chi connectivity index (χ3v) is 3.31. The number of hydrogen-bond acceptors (Lipinski definition) is 3. The summed E-state index contributed by atoms with van der Waals surface area (Å²) in [6.45, 7) is 2.19. The number of carbonyl (C=O) groups excluding carboxylic acids is 1. The van der Waals surface area contributed by atoms with E-state index in [4.69, 9.17) is 10.5 Å². The molecule has 94 valence electrons. The van der Waals surface area contributed by atoms with Crippen molar-refractivity contribution in [2.24, 2.45) is 12.8 Å². The molecule has 0 aromatic carbocycles. The molecular formula is C11H16BrN3O2. The second-order valence-corrected chi connectivity index (χ2v) is 5.05. The number of halogens is 1. The van der Waals surface area contributed by atoms with Gasteiger partial charge in [0.1, 0.15) is 5.69 Å². The molecule has 0 radical (unpaired) electrons. The summed E-state index contributed by atoms with van der Waals surface area (Å²) in [6, 6.07) is 1.83. The standard InChI is InChI=1S/C11H16BrN3O2/c1-14-6-8(12)4-10(14)11(16)15-2-3-17-9(5-13)7-15/h4,6,9H,2-3,5,7,13H2,1H3. The summed E-state index contributed by atoms with van der Waals surface area (Å²) in [6.07, 6.45) is 1.82. The summed E-state index contributed by atoms with van der Waals surface area (Å²) < 4.78 is 8.17. The lowest BCUT2D eigenvalue weighted by molar-refractivity contribution is -0.0170. The monoisotopic (exact) mass is 301 g/mol. The summed E-state index contributed by atoms with van der Waals surface area (Å²) in [7, 11) is 1.86. The van der Waals surface area contributed by atoms with Gasteiger partial charge in [-0.1, -0.05) is 0 Å². The maximum atomic E-state index is 12.3. The van der Waals surface area contributed by atoms with E-state index in [0.717, 1.165) is 4.47 Å². The van der Waals surface area contributed by atoms with E-state index in [1.165, 1.54) is 0 Å². The number of hydrogen-bond donors (Lipinski definition) is 1. The molecule has 1 aliphatic heterocycles. The molecule has 1 amide bonds. The van der Waals surface area contributed by atoms with Crippen molar-refractivity contribution in [1.29, 1.82) is 0 Å². The average Bonchev–Trinajstić information content (AvgIpc) is 2.67. The third kappa shape index (κ3) is 2.70. The van der Waals surface area contributed by atoms with Crippen molar-refractivity contribution in [2.45, 2.75) is 6.10 Å². The lowest BCUT2D eigenvalue weighted by Crippen LogP contribution is -2.48. The normalized spacial score (nSPS) is 20.6. The molecule has 1 atom stereocenters. The van der Waals surface area contributed by atoms with Crippen molar-refractivity contribution < 1.29 is 9.53 Å². The van der Waals surface area contributed by atoms with Crippen molar-refractivity contribution in [3.05, 3.63) is 22.4 Å². The maximum absolute atomic E-state index is 12.3. The number of rotatable bonds is 2. The van der Waals surface area contributed by atoms with Crippen LogP contribution in [0.25, 0.3) is 0 Å². The van der Waals surface area contributed by atoms with E-state index in [2.05, 4.69) is 15.9 Å². The van der Waals surface area contributed by atoms with Gasteiger partial charge in [-0.05, 0) is 22.0 Å². The van der Waals surface area contributed by atoms with Gasteiger partial charge in [-0.3, -0.25) is 4.79 Å². The molecule has 0 saturated carbocycles. The Bertz CT molecular complexity index is 419. The molecule has 2 heterocycles. The van der Waals surface area contributed by atoms with Gasteiger partial charge in [0.05, 0.1) is 12.7 Å². The van der Waals surface area contributed by atoms with E-state index in [1.54, 1.807) is 4.90 Å². The summed E-state index contributed by atoms with van der Waals surface area (Å²) in [5, 5.41) is 0. The number of nitrogens with two attached hydrogens (primary N) is 1. The first-order chi connectivity index (χ1) is 8.11. The quantitative estimate of drug-likeness (QED) is 0.870. The predicted molar refractivity (Wildman–Crippen MR) is 67.8 cm³/mol. The van der Waals surface area contributed by atoms with Crippen LogP contribution in [-0.2, 0) is 11.8 Å². The number of nitrogens with zero attached hydrogens (tertiary/aromatic N) is 2. The molecule has 0 spiro atoms. The van der Waals surface area contributed by atoms with Gasteiger partial charge in [-0.2, -0.15) is 0 Å². The Kier molecular flexibility index (Phi) is 3.86. The minimum Gasteiger partial charge on any atom is -0.373 e. The zero-order chi connectivity index (χ0) is 12.4. The van der Waals surface area contributed by atoms with Crippen LogP contribution in [0.3, 0.4) is 0 Å². The first kappa shape index (κ1) is 12.6. The molecule has 17 heavy (non-hydrogen) atoms. The SMILES string of the molecule is Cn1cc(Br)cc1C(=O)N1CCOC(CN)C1. The van der Waals surface area contributed by atoms with Crippen LogP contribution in [0.2, 0.25) is 0 Å². The Morgan fingerprint density at radius 1 is 1.71 bits per heavy atom. The molecule has 1 fully saturated rings. The number of aryl methyl sites for hydroxylation is 1. The molecule has 1 unspecified atom stereocenters. The summed E-state index contributed by atoms with van der Waals surface area (Å²) in [5.74, 6) is 0.0277. The first-order valence-electron chi connectivity index (χ1n) is 5.54. The Balaban J connectivity index is 2.12. The number of amides is 1. The molecule has 0 bridgehead atoms. The second-order valence-electron chi connectivity index (χ2n) is 4.13. The Morgan fingerprint density at radius 3 is 3.06 bits per heavy atom. The number of ether oxygens (including phenoxy) is 1. The second kappa shape index (κ2) is 5.20. The minimum absolute atomic E-state index is 0.0277. The topological polar surface area (TPSA) is 60.5 Å². The molecule has 0 aliphatic carbocycles. The highest BCUT2D eigenvalue weighted by molar-refractivity contribution is 9.10. The zero-order valence-corrected chi connectivity index (χ0v) is 11.3. The lowest BCUT2D eigenvalue weighted by Gasteiger charge is -2.32. The van der Waals surface area contributed by atoms with E-state index in [0.29, 0.717) is 31.9 Å². The molecule has 6 heteroatoms. The zero-order valence-electron chi connectivity index (χ0n) is 9.73. The van der Waals surface area contributed by atoms with Gasteiger partial charge in [0.25, 0.3) is 5.91 Å². The summed E-state index contributed by atoms with van der Waals surface area (Å²) in [4.78, 5) is 14.1. The molecule has 2 N–H and O–H groups in total. The fraction of sp³-hybridized carbons (Fsp3) is 0.545. The van der Waals surface area contributed by atoms with Crippen LogP contribution < -0.4 is 5.73 Å². The highest BCUT2D eigenvalue weighted by atomic mass is 79.9. The van der Waals surface area contributed by atoms with Crippen molar-refractivity contribution in [1.82, 2.24) is 9.47 Å². The van der Waals surface area contributed by atoms with Crippen molar-refractivity contribution in [3.63, 3.8) is 0 Å². The number of aromatic nitrogens is 1. The van der Waals surface area contributed by atoms with E-state index in [9.17, 15) is 4.79 Å². The van der Waals surface area contributed by atoms with Gasteiger partial charge in [0.2, 0.25) is 0 Å². The first-order valence-corrected chi connectivity index (χ1v) is 6.34. The molecule has 5 nitrogen and oxygen atoms in total. The van der Waals surface area contributed by atoms with Crippen LogP contribution in [0, 0.1) is 0 Å². The molecular weight excluding hydrogens is 286 g/mol. The van der Waals surface area contributed by atoms with Crippen LogP contribution in [0.1, 0.15) is 10.5 Å². The van der Waals surface area contributed by atoms with Gasteiger partial charge in [0.15, 0.2) is 0 Å². The van der Waals surface area contributed by atoms with Gasteiger partial charge in [-0.25, -0.2) is 0 Å². The van der Waals surface area contributed by atoms with Gasteiger partial charge in [0, 0.05) is 37.4 Å². The van der Waals surface area contributed by atoms with Crippen molar-refractivity contribution in [2.75, 3.05) is 26.2 Å². The molecule has 1 aromatic rings. The third-order valence-electron chi connectivity index (χ3n) is 2.88. The fourth-order valence-corrected chi connectivity index (χ4v) is 2.47. The van der Waals surface area contributed by atoms with Crippen LogP contribution in [0.15, 0.2) is 16.7 Å². The van der Waals surface area contributed by atoms with E-state index < -0.39 is 0 Å². The Labute approximate surface area is 109 Å². The van der Waals surface area contributed by atoms with Crippen LogP contribution in [-0.4, -0.2) is 47.7 Å². The van der Waals surface area contributed by atoms with E-state index in [1.807, 2.05) is 23.9 Å². The number of carbonyl (C=O) groups is 1. The van der Waals surface area contributed by atoms with Crippen molar-refractivity contribution >= 4 is 21.8 Å². The van der Waals surface area contributed by atoms with E-state index >= 15 is 0 Å². The van der Waals surface area contributed by atoms with Crippen molar-refractivity contribution in [3.8, 4) is 0 Å². The smallest absolute Gasteiger partial charge is 0.270 e. The number of morpholine rings is 1. The Hall–Kier alpha value is -0.850. The molecule has 1 saturated heterocycles. The summed E-state index contributed by atoms with van der Waals surface area (Å²) in [5.41, 5.74) is 6.24. The average molecular weight is 302 g/mol. The molecule has 1 aliphatic rings. The fourth-order valence-electron chi connectivity index (χ4n) is 1.95. The molecule has 2 rings (SSSR count). The largest absolute Gasteiger partial charge is 0.373 e. The lowest BCUT2D eigenvalue weighted by atomic mass is 10.2. The van der Waals surface area contributed by atoms with Gasteiger partial charge >= 0.3 is 0 Å². The van der Waals surface area contributed by atoms with E-state index in [-0.39, 0.29) is 12.0 Å². The predicted octanol–water partition coefficient (Wildman–Crippen LogP) is 0.587. The Morgan fingerprint density at radius 2 is 2.47 bits per heavy atom. The van der Waals surface area contributed by atoms with Crippen LogP contribution >= 0.6 is 15.9 Å². The highest BCUT2D eigenvalue weighted by Crippen LogP contribution is 2.16. The van der Waals surface area contributed by atoms with Gasteiger partial charge in [-0.15, -0.1) is 0 Å². The minimum atomic E-state index is -0.0450. The highest BCUT2D eigenvalue weighted by Gasteiger charge is 2.25. The summed E-state index contributed by atoms with van der Waals surface area (Å²) >= 11 is 3.36.